The summed E-state index contributed by atoms with van der Waals surface area (Å²) in [5.41, 5.74) is -0.458. The van der Waals surface area contributed by atoms with Gasteiger partial charge in [-0.3, -0.25) is 0 Å². The Kier molecular flexibility index (Phi) is 5.56. The van der Waals surface area contributed by atoms with Crippen molar-refractivity contribution in [1.29, 1.82) is 0 Å². The molecule has 0 aromatic carbocycles. The molecule has 0 amide bonds. The number of ether oxygens (including phenoxy) is 2. The van der Waals surface area contributed by atoms with E-state index < -0.39 is 11.2 Å². The van der Waals surface area contributed by atoms with E-state index >= 15 is 0 Å². The Morgan fingerprint density at radius 2 is 1.72 bits per heavy atom. The molecule has 1 heterocycles. The van der Waals surface area contributed by atoms with Crippen molar-refractivity contribution in [3.05, 3.63) is 25.3 Å². The van der Waals surface area contributed by atoms with Crippen LogP contribution >= 0.6 is 0 Å². The van der Waals surface area contributed by atoms with Gasteiger partial charge >= 0.3 is 0 Å². The first kappa shape index (κ1) is 14.9. The highest BCUT2D eigenvalue weighted by atomic mass is 16.7. The summed E-state index contributed by atoms with van der Waals surface area (Å²) in [5, 5.41) is 12.2. The molecule has 0 spiro atoms. The quantitative estimate of drug-likeness (QED) is 0.313. The molecule has 0 aromatic rings. The van der Waals surface area contributed by atoms with E-state index in [2.05, 4.69) is 18.3 Å². The van der Waals surface area contributed by atoms with E-state index in [0.29, 0.717) is 13.2 Å². The Morgan fingerprint density at radius 1 is 1.22 bits per heavy atom. The molecule has 4 nitrogen and oxygen atoms in total. The van der Waals surface area contributed by atoms with Crippen LogP contribution in [0.5, 0.6) is 0 Å². The van der Waals surface area contributed by atoms with Crippen LogP contribution < -0.4 is 0 Å². The predicted molar refractivity (Wildman–Crippen MR) is 71.9 cm³/mol. The monoisotopic (exact) mass is 253 g/mol. The number of hydrogen-bond donors (Lipinski definition) is 1. The maximum absolute atomic E-state index is 8.98. The highest BCUT2D eigenvalue weighted by Gasteiger charge is 2.50. The number of allylic oxidation sites excluding steroid dienone is 2. The van der Waals surface area contributed by atoms with Gasteiger partial charge in [0.2, 0.25) is 0 Å². The van der Waals surface area contributed by atoms with Gasteiger partial charge in [0.25, 0.3) is 0 Å². The second kappa shape index (κ2) is 6.71. The van der Waals surface area contributed by atoms with Gasteiger partial charge in [-0.15, -0.1) is 18.3 Å². The zero-order valence-corrected chi connectivity index (χ0v) is 11.1. The van der Waals surface area contributed by atoms with Crippen molar-refractivity contribution >= 4 is 6.21 Å². The van der Waals surface area contributed by atoms with Crippen molar-refractivity contribution in [2.45, 2.75) is 38.4 Å². The Labute approximate surface area is 109 Å². The highest BCUT2D eigenvalue weighted by molar-refractivity contribution is 5.67. The molecular formula is C14H23NO3. The third kappa shape index (κ3) is 3.00. The molecule has 1 rings (SSSR count). The number of rotatable bonds is 8. The first-order valence-electron chi connectivity index (χ1n) is 6.32. The maximum atomic E-state index is 8.98. The van der Waals surface area contributed by atoms with Gasteiger partial charge in [-0.1, -0.05) is 12.2 Å². The minimum Gasteiger partial charge on any atom is -0.411 e. The van der Waals surface area contributed by atoms with Crippen LogP contribution in [0.1, 0.15) is 32.6 Å². The fourth-order valence-electron chi connectivity index (χ4n) is 2.46. The Morgan fingerprint density at radius 3 is 2.11 bits per heavy atom. The van der Waals surface area contributed by atoms with E-state index in [9.17, 15) is 0 Å². The largest absolute Gasteiger partial charge is 0.411 e. The van der Waals surface area contributed by atoms with Crippen LogP contribution in [-0.4, -0.2) is 30.4 Å². The molecular weight excluding hydrogens is 230 g/mol. The van der Waals surface area contributed by atoms with Gasteiger partial charge in [-0.2, -0.15) is 0 Å². The first-order chi connectivity index (χ1) is 8.64. The van der Waals surface area contributed by atoms with Crippen molar-refractivity contribution in [3.63, 3.8) is 0 Å². The summed E-state index contributed by atoms with van der Waals surface area (Å²) >= 11 is 0. The molecule has 0 saturated carbocycles. The third-order valence-corrected chi connectivity index (χ3v) is 3.64. The molecule has 102 valence electrons. The fourth-order valence-corrected chi connectivity index (χ4v) is 2.46. The summed E-state index contributed by atoms with van der Waals surface area (Å²) in [6, 6.07) is 0. The molecule has 1 saturated heterocycles. The van der Waals surface area contributed by atoms with Gasteiger partial charge in [0.1, 0.15) is 0 Å². The van der Waals surface area contributed by atoms with Gasteiger partial charge in [0.05, 0.1) is 24.8 Å². The Hall–Kier alpha value is -1.13. The number of oxime groups is 1. The van der Waals surface area contributed by atoms with Crippen LogP contribution in [0.2, 0.25) is 0 Å². The van der Waals surface area contributed by atoms with Gasteiger partial charge in [-0.05, 0) is 32.6 Å². The molecule has 0 bridgehead atoms. The standard InChI is InChI=1S/C14H23NO3/c1-4-6-8-14(12-15-16,9-7-5-2)13(3)17-10-11-18-13/h4-5,12,16H,1-2,6-11H2,3H3. The predicted octanol–water partition coefficient (Wildman–Crippen LogP) is 3.13. The summed E-state index contributed by atoms with van der Waals surface area (Å²) < 4.78 is 11.5. The van der Waals surface area contributed by atoms with Crippen molar-refractivity contribution in [3.8, 4) is 0 Å². The van der Waals surface area contributed by atoms with Crippen LogP contribution in [0.25, 0.3) is 0 Å². The van der Waals surface area contributed by atoms with Crippen molar-refractivity contribution in [2.75, 3.05) is 13.2 Å². The summed E-state index contributed by atoms with van der Waals surface area (Å²) in [6.07, 6.45) is 8.41. The number of hydrogen-bond acceptors (Lipinski definition) is 4. The average molecular weight is 253 g/mol. The minimum atomic E-state index is -0.745. The van der Waals surface area contributed by atoms with Crippen LogP contribution in [0, 0.1) is 5.41 Å². The molecule has 0 aromatic heterocycles. The van der Waals surface area contributed by atoms with Crippen molar-refractivity contribution in [1.82, 2.24) is 0 Å². The van der Waals surface area contributed by atoms with Crippen LogP contribution in [0.15, 0.2) is 30.5 Å². The van der Waals surface area contributed by atoms with Gasteiger partial charge < -0.3 is 14.7 Å². The molecule has 1 aliphatic rings. The van der Waals surface area contributed by atoms with Gasteiger partial charge in [0.15, 0.2) is 5.79 Å². The molecule has 0 unspecified atom stereocenters. The van der Waals surface area contributed by atoms with E-state index in [4.69, 9.17) is 14.7 Å². The van der Waals surface area contributed by atoms with Crippen molar-refractivity contribution < 1.29 is 14.7 Å². The molecule has 1 N–H and O–H groups in total. The summed E-state index contributed by atoms with van der Waals surface area (Å²) in [5.74, 6) is -0.745. The van der Waals surface area contributed by atoms with E-state index in [1.165, 1.54) is 0 Å². The zero-order chi connectivity index (χ0) is 13.5. The Balaban J connectivity index is 3.00. The lowest BCUT2D eigenvalue weighted by atomic mass is 9.73. The van der Waals surface area contributed by atoms with E-state index in [1.807, 2.05) is 19.1 Å². The fraction of sp³-hybridized carbons (Fsp3) is 0.643. The van der Waals surface area contributed by atoms with Crippen molar-refractivity contribution in [2.24, 2.45) is 10.6 Å². The molecule has 4 heteroatoms. The number of nitrogens with zero attached hydrogens (tertiary/aromatic N) is 1. The topological polar surface area (TPSA) is 51.1 Å². The molecule has 1 aliphatic heterocycles. The smallest absolute Gasteiger partial charge is 0.176 e. The van der Waals surface area contributed by atoms with E-state index in [1.54, 1.807) is 6.21 Å². The highest BCUT2D eigenvalue weighted by Crippen LogP contribution is 2.44. The summed E-state index contributed by atoms with van der Waals surface area (Å²) in [6.45, 7) is 10.5. The summed E-state index contributed by atoms with van der Waals surface area (Å²) in [4.78, 5) is 0. The second-order valence-electron chi connectivity index (χ2n) is 4.70. The zero-order valence-electron chi connectivity index (χ0n) is 11.1. The third-order valence-electron chi connectivity index (χ3n) is 3.64. The van der Waals surface area contributed by atoms with Crippen LogP contribution in [0.3, 0.4) is 0 Å². The van der Waals surface area contributed by atoms with E-state index in [0.717, 1.165) is 25.7 Å². The lowest BCUT2D eigenvalue weighted by Gasteiger charge is -2.41. The summed E-state index contributed by atoms with van der Waals surface area (Å²) in [7, 11) is 0. The van der Waals surface area contributed by atoms with Gasteiger partial charge in [-0.25, -0.2) is 0 Å². The molecule has 1 fully saturated rings. The molecule has 0 atom stereocenters. The average Bonchev–Trinajstić information content (AvgIpc) is 2.81. The van der Waals surface area contributed by atoms with Crippen LogP contribution in [-0.2, 0) is 9.47 Å². The minimum absolute atomic E-state index is 0.458. The van der Waals surface area contributed by atoms with Crippen LogP contribution in [0.4, 0.5) is 0 Å². The normalized spacial score (nSPS) is 19.2. The lowest BCUT2D eigenvalue weighted by Crippen LogP contribution is -2.48. The SMILES string of the molecule is C=CCCC(C=NO)(CCC=C)C1(C)OCCO1. The maximum Gasteiger partial charge on any atom is 0.176 e. The molecule has 18 heavy (non-hydrogen) atoms. The second-order valence-corrected chi connectivity index (χ2v) is 4.70. The van der Waals surface area contributed by atoms with Gasteiger partial charge in [0, 0.05) is 0 Å². The lowest BCUT2D eigenvalue weighted by molar-refractivity contribution is -0.204. The van der Waals surface area contributed by atoms with E-state index in [-0.39, 0.29) is 0 Å². The first-order valence-corrected chi connectivity index (χ1v) is 6.32. The molecule has 0 aliphatic carbocycles. The molecule has 0 radical (unpaired) electrons. The Bertz CT molecular complexity index is 294.